The van der Waals surface area contributed by atoms with Crippen LogP contribution in [0.1, 0.15) is 32.6 Å². The van der Waals surface area contributed by atoms with Crippen LogP contribution in [0.3, 0.4) is 0 Å². The number of sulfone groups is 1. The number of nitrogens with one attached hydrogen (secondary N) is 1. The molecule has 1 aliphatic rings. The minimum absolute atomic E-state index is 0.114. The van der Waals surface area contributed by atoms with E-state index in [4.69, 9.17) is 0 Å². The molecular formula is C10H21NO5S2. The Labute approximate surface area is 109 Å². The second-order valence-corrected chi connectivity index (χ2v) is 9.70. The molecule has 0 amide bonds. The van der Waals surface area contributed by atoms with E-state index in [9.17, 15) is 21.9 Å². The predicted molar refractivity (Wildman–Crippen MR) is 69.2 cm³/mol. The van der Waals surface area contributed by atoms with Gasteiger partial charge in [0.2, 0.25) is 10.0 Å². The largest absolute Gasteiger partial charge is 0.389 e. The normalized spacial score (nSPS) is 30.3. The van der Waals surface area contributed by atoms with Gasteiger partial charge in [-0.3, -0.25) is 0 Å². The first-order chi connectivity index (χ1) is 8.02. The van der Waals surface area contributed by atoms with Gasteiger partial charge in [0, 0.05) is 12.8 Å². The van der Waals surface area contributed by atoms with Gasteiger partial charge < -0.3 is 5.11 Å². The van der Waals surface area contributed by atoms with Crippen molar-refractivity contribution >= 4 is 19.9 Å². The number of aliphatic hydroxyl groups is 1. The Morgan fingerprint density at radius 1 is 1.22 bits per heavy atom. The lowest BCUT2D eigenvalue weighted by Crippen LogP contribution is -2.46. The summed E-state index contributed by atoms with van der Waals surface area (Å²) in [4.78, 5) is 0. The molecule has 0 aromatic heterocycles. The Morgan fingerprint density at radius 3 is 2.17 bits per heavy atom. The average molecular weight is 299 g/mol. The maximum absolute atomic E-state index is 11.5. The van der Waals surface area contributed by atoms with E-state index in [1.54, 1.807) is 0 Å². The zero-order valence-electron chi connectivity index (χ0n) is 10.7. The van der Waals surface area contributed by atoms with Crippen molar-refractivity contribution in [2.45, 2.75) is 38.2 Å². The molecule has 0 radical (unpaired) electrons. The Bertz CT molecular complexity index is 474. The molecule has 18 heavy (non-hydrogen) atoms. The Kier molecular flexibility index (Phi) is 4.80. The number of sulfonamides is 1. The lowest BCUT2D eigenvalue weighted by atomic mass is 9.80. The summed E-state index contributed by atoms with van der Waals surface area (Å²) >= 11 is 0. The van der Waals surface area contributed by atoms with Gasteiger partial charge >= 0.3 is 0 Å². The molecule has 0 unspecified atom stereocenters. The van der Waals surface area contributed by atoms with E-state index in [0.717, 1.165) is 19.1 Å². The van der Waals surface area contributed by atoms with E-state index in [1.165, 1.54) is 0 Å². The molecule has 8 heteroatoms. The molecule has 1 rings (SSSR count). The van der Waals surface area contributed by atoms with Gasteiger partial charge in [-0.05, 0) is 31.6 Å². The Balaban J connectivity index is 2.55. The van der Waals surface area contributed by atoms with Crippen LogP contribution in [0.25, 0.3) is 0 Å². The van der Waals surface area contributed by atoms with E-state index in [0.29, 0.717) is 18.8 Å². The van der Waals surface area contributed by atoms with Gasteiger partial charge in [0.15, 0.2) is 14.9 Å². The highest BCUT2D eigenvalue weighted by Crippen LogP contribution is 2.31. The second-order valence-electron chi connectivity index (χ2n) is 5.39. The van der Waals surface area contributed by atoms with Crippen molar-refractivity contribution in [2.24, 2.45) is 5.92 Å². The van der Waals surface area contributed by atoms with E-state index >= 15 is 0 Å². The molecule has 1 aliphatic carbocycles. The number of hydrogen-bond donors (Lipinski definition) is 2. The third kappa shape index (κ3) is 5.64. The van der Waals surface area contributed by atoms with Crippen LogP contribution in [-0.4, -0.2) is 45.4 Å². The summed E-state index contributed by atoms with van der Waals surface area (Å²) in [6, 6.07) is 0. The summed E-state index contributed by atoms with van der Waals surface area (Å²) in [5, 5.41) is 9.24. The molecule has 0 aromatic carbocycles. The monoisotopic (exact) mass is 299 g/mol. The summed E-state index contributed by atoms with van der Waals surface area (Å²) < 4.78 is 47.0. The fraction of sp³-hybridized carbons (Fsp3) is 1.00. The van der Waals surface area contributed by atoms with E-state index < -0.39 is 30.5 Å². The fourth-order valence-corrected chi connectivity index (χ4v) is 5.12. The molecular weight excluding hydrogens is 278 g/mol. The minimum Gasteiger partial charge on any atom is -0.389 e. The van der Waals surface area contributed by atoms with Crippen molar-refractivity contribution in [1.82, 2.24) is 4.72 Å². The van der Waals surface area contributed by atoms with Crippen LogP contribution < -0.4 is 4.72 Å². The zero-order chi connectivity index (χ0) is 14.0. The first-order valence-corrected chi connectivity index (χ1v) is 9.60. The number of rotatable bonds is 5. The fourth-order valence-electron chi connectivity index (χ4n) is 2.04. The molecule has 0 aliphatic heterocycles. The van der Waals surface area contributed by atoms with Crippen molar-refractivity contribution in [3.05, 3.63) is 0 Å². The molecule has 0 spiro atoms. The molecule has 0 bridgehead atoms. The van der Waals surface area contributed by atoms with Crippen LogP contribution in [0.5, 0.6) is 0 Å². The van der Waals surface area contributed by atoms with E-state index in [2.05, 4.69) is 11.6 Å². The molecule has 1 saturated carbocycles. The lowest BCUT2D eigenvalue weighted by Gasteiger charge is -2.34. The topological polar surface area (TPSA) is 101 Å². The van der Waals surface area contributed by atoms with Crippen molar-refractivity contribution < 1.29 is 21.9 Å². The second kappa shape index (κ2) is 5.44. The van der Waals surface area contributed by atoms with E-state index in [-0.39, 0.29) is 6.54 Å². The van der Waals surface area contributed by atoms with Gasteiger partial charge in [0.1, 0.15) is 0 Å². The van der Waals surface area contributed by atoms with Crippen LogP contribution in [0.4, 0.5) is 0 Å². The van der Waals surface area contributed by atoms with Crippen molar-refractivity contribution in [1.29, 1.82) is 0 Å². The smallest absolute Gasteiger partial charge is 0.226 e. The Morgan fingerprint density at radius 2 is 1.72 bits per heavy atom. The SMILES string of the molecule is CC1CCC(O)(CNS(=O)(=O)CS(C)(=O)=O)CC1. The van der Waals surface area contributed by atoms with Crippen molar-refractivity contribution in [2.75, 3.05) is 17.9 Å². The molecule has 108 valence electrons. The highest BCUT2D eigenvalue weighted by atomic mass is 32.3. The van der Waals surface area contributed by atoms with Gasteiger partial charge in [-0.1, -0.05) is 6.92 Å². The third-order valence-electron chi connectivity index (χ3n) is 3.20. The van der Waals surface area contributed by atoms with Crippen LogP contribution in [0.2, 0.25) is 0 Å². The van der Waals surface area contributed by atoms with Crippen LogP contribution in [-0.2, 0) is 19.9 Å². The van der Waals surface area contributed by atoms with Gasteiger partial charge in [0.25, 0.3) is 0 Å². The Hall–Kier alpha value is -0.180. The van der Waals surface area contributed by atoms with E-state index in [1.807, 2.05) is 0 Å². The number of hydrogen-bond acceptors (Lipinski definition) is 5. The van der Waals surface area contributed by atoms with Crippen LogP contribution in [0, 0.1) is 5.92 Å². The first-order valence-electron chi connectivity index (χ1n) is 5.89. The summed E-state index contributed by atoms with van der Waals surface area (Å²) in [6.45, 7) is 1.98. The van der Waals surface area contributed by atoms with Crippen molar-refractivity contribution in [3.63, 3.8) is 0 Å². The summed E-state index contributed by atoms with van der Waals surface area (Å²) in [5.74, 6) is 0.540. The highest BCUT2D eigenvalue weighted by molar-refractivity contribution is 8.06. The zero-order valence-corrected chi connectivity index (χ0v) is 12.3. The quantitative estimate of drug-likeness (QED) is 0.735. The standard InChI is InChI=1S/C10H21NO5S2/c1-9-3-5-10(12,6-4-9)7-11-18(15,16)8-17(2,13)14/h9,11-12H,3-8H2,1-2H3. The molecule has 0 aromatic rings. The van der Waals surface area contributed by atoms with Crippen molar-refractivity contribution in [3.8, 4) is 0 Å². The predicted octanol–water partition coefficient (Wildman–Crippen LogP) is -0.151. The maximum Gasteiger partial charge on any atom is 0.226 e. The van der Waals surface area contributed by atoms with Gasteiger partial charge in [-0.25, -0.2) is 21.6 Å². The van der Waals surface area contributed by atoms with Gasteiger partial charge in [-0.2, -0.15) is 0 Å². The van der Waals surface area contributed by atoms with Crippen LogP contribution >= 0.6 is 0 Å². The highest BCUT2D eigenvalue weighted by Gasteiger charge is 2.33. The first kappa shape index (κ1) is 15.9. The summed E-state index contributed by atoms with van der Waals surface area (Å²) in [6.07, 6.45) is 3.64. The molecule has 6 nitrogen and oxygen atoms in total. The van der Waals surface area contributed by atoms with Gasteiger partial charge in [0.05, 0.1) is 5.60 Å². The molecule has 0 heterocycles. The van der Waals surface area contributed by atoms with Crippen LogP contribution in [0.15, 0.2) is 0 Å². The maximum atomic E-state index is 11.5. The minimum atomic E-state index is -3.89. The summed E-state index contributed by atoms with van der Waals surface area (Å²) in [7, 11) is -7.48. The molecule has 1 fully saturated rings. The molecule has 0 atom stereocenters. The third-order valence-corrected chi connectivity index (χ3v) is 6.73. The average Bonchev–Trinajstić information content (AvgIpc) is 2.17. The van der Waals surface area contributed by atoms with Gasteiger partial charge in [-0.15, -0.1) is 0 Å². The molecule has 2 N–H and O–H groups in total. The lowest BCUT2D eigenvalue weighted by molar-refractivity contribution is -0.00180. The summed E-state index contributed by atoms with van der Waals surface area (Å²) in [5.41, 5.74) is -1.04. The molecule has 0 saturated heterocycles.